The third-order valence-electron chi connectivity index (χ3n) is 2.96. The summed E-state index contributed by atoms with van der Waals surface area (Å²) in [4.78, 5) is 0. The van der Waals surface area contributed by atoms with Gasteiger partial charge in [-0.3, -0.25) is 0 Å². The van der Waals surface area contributed by atoms with Gasteiger partial charge in [-0.15, -0.1) is 0 Å². The minimum atomic E-state index is -3.15. The number of sulfonamides is 1. The van der Waals surface area contributed by atoms with E-state index in [4.69, 9.17) is 5.11 Å². The summed E-state index contributed by atoms with van der Waals surface area (Å²) in [5.74, 6) is 0. The number of aliphatic hydroxyl groups excluding tert-OH is 1. The molecule has 1 fully saturated rings. The number of rotatable bonds is 4. The molecule has 90 valence electrons. The topological polar surface area (TPSA) is 57.6 Å². The summed E-state index contributed by atoms with van der Waals surface area (Å²) in [5.41, 5.74) is 0. The Hall–Kier alpha value is -0.130. The first kappa shape index (κ1) is 12.9. The third-order valence-corrected chi connectivity index (χ3v) is 5.28. The van der Waals surface area contributed by atoms with Gasteiger partial charge in [-0.1, -0.05) is 6.42 Å². The number of piperidine rings is 1. The lowest BCUT2D eigenvalue weighted by Crippen LogP contribution is -2.46. The van der Waals surface area contributed by atoms with E-state index in [1.54, 1.807) is 18.2 Å². The lowest BCUT2D eigenvalue weighted by Gasteiger charge is -2.35. The van der Waals surface area contributed by atoms with Crippen molar-refractivity contribution in [2.24, 2.45) is 0 Å². The molecule has 1 heterocycles. The smallest absolute Gasteiger partial charge is 0.216 e. The molecule has 0 aliphatic carbocycles. The van der Waals surface area contributed by atoms with Crippen LogP contribution in [0.15, 0.2) is 0 Å². The zero-order chi connectivity index (χ0) is 11.5. The first-order chi connectivity index (χ1) is 7.00. The highest BCUT2D eigenvalue weighted by Crippen LogP contribution is 2.24. The van der Waals surface area contributed by atoms with Crippen molar-refractivity contribution in [1.82, 2.24) is 4.31 Å². The van der Waals surface area contributed by atoms with Crippen LogP contribution in [0.5, 0.6) is 0 Å². The molecule has 1 aliphatic rings. The van der Waals surface area contributed by atoms with Crippen molar-refractivity contribution < 1.29 is 13.5 Å². The van der Waals surface area contributed by atoms with E-state index in [0.29, 0.717) is 13.0 Å². The fourth-order valence-corrected chi connectivity index (χ4v) is 3.57. The molecule has 1 rings (SSSR count). The lowest BCUT2D eigenvalue weighted by molar-refractivity contribution is 0.191. The van der Waals surface area contributed by atoms with Crippen LogP contribution < -0.4 is 0 Å². The monoisotopic (exact) mass is 235 g/mol. The Kier molecular flexibility index (Phi) is 4.55. The van der Waals surface area contributed by atoms with Crippen LogP contribution in [0.3, 0.4) is 0 Å². The fraction of sp³-hybridized carbons (Fsp3) is 1.00. The van der Waals surface area contributed by atoms with Gasteiger partial charge in [-0.25, -0.2) is 8.42 Å². The molecule has 0 bridgehead atoms. The quantitative estimate of drug-likeness (QED) is 0.789. The first-order valence-corrected chi connectivity index (χ1v) is 7.12. The van der Waals surface area contributed by atoms with Gasteiger partial charge in [0.1, 0.15) is 0 Å². The summed E-state index contributed by atoms with van der Waals surface area (Å²) in [6, 6.07) is 0.0103. The molecule has 0 aromatic rings. The number of hydrogen-bond donors (Lipinski definition) is 1. The van der Waals surface area contributed by atoms with Gasteiger partial charge < -0.3 is 5.11 Å². The molecule has 4 nitrogen and oxygen atoms in total. The summed E-state index contributed by atoms with van der Waals surface area (Å²) in [7, 11) is -3.15. The molecular weight excluding hydrogens is 214 g/mol. The molecule has 1 N–H and O–H groups in total. The van der Waals surface area contributed by atoms with Gasteiger partial charge >= 0.3 is 0 Å². The second-order valence-corrected chi connectivity index (χ2v) is 6.81. The zero-order valence-electron chi connectivity index (χ0n) is 9.52. The summed E-state index contributed by atoms with van der Waals surface area (Å²) < 4.78 is 25.6. The van der Waals surface area contributed by atoms with Gasteiger partial charge in [0.05, 0.1) is 5.25 Å². The molecule has 15 heavy (non-hydrogen) atoms. The SMILES string of the molecule is CC(C)S(=O)(=O)N1CCCCC1CCO. The molecule has 1 saturated heterocycles. The van der Waals surface area contributed by atoms with Gasteiger partial charge in [0.25, 0.3) is 0 Å². The summed E-state index contributed by atoms with van der Waals surface area (Å²) >= 11 is 0. The van der Waals surface area contributed by atoms with Crippen LogP contribution in [-0.2, 0) is 10.0 Å². The highest BCUT2D eigenvalue weighted by Gasteiger charge is 2.33. The molecule has 0 saturated carbocycles. The van der Waals surface area contributed by atoms with Crippen LogP contribution in [-0.4, -0.2) is 42.3 Å². The Morgan fingerprint density at radius 3 is 2.60 bits per heavy atom. The normalized spacial score (nSPS) is 24.7. The van der Waals surface area contributed by atoms with Crippen molar-refractivity contribution in [2.75, 3.05) is 13.2 Å². The maximum atomic E-state index is 12.0. The summed E-state index contributed by atoms with van der Waals surface area (Å²) in [5, 5.41) is 8.56. The van der Waals surface area contributed by atoms with E-state index in [9.17, 15) is 8.42 Å². The van der Waals surface area contributed by atoms with E-state index in [0.717, 1.165) is 19.3 Å². The van der Waals surface area contributed by atoms with Crippen LogP contribution in [0, 0.1) is 0 Å². The van der Waals surface area contributed by atoms with E-state index in [1.165, 1.54) is 0 Å². The fourth-order valence-electron chi connectivity index (χ4n) is 2.02. The first-order valence-electron chi connectivity index (χ1n) is 5.61. The predicted molar refractivity (Wildman–Crippen MR) is 60.1 cm³/mol. The van der Waals surface area contributed by atoms with E-state index in [1.807, 2.05) is 0 Å². The molecule has 0 amide bonds. The minimum absolute atomic E-state index is 0.0103. The van der Waals surface area contributed by atoms with E-state index < -0.39 is 10.0 Å². The van der Waals surface area contributed by atoms with Crippen molar-refractivity contribution in [3.8, 4) is 0 Å². The van der Waals surface area contributed by atoms with Gasteiger partial charge in [0, 0.05) is 19.2 Å². The molecule has 1 aliphatic heterocycles. The minimum Gasteiger partial charge on any atom is -0.396 e. The Morgan fingerprint density at radius 1 is 1.40 bits per heavy atom. The molecule has 5 heteroatoms. The molecule has 0 aromatic heterocycles. The largest absolute Gasteiger partial charge is 0.396 e. The van der Waals surface area contributed by atoms with Crippen molar-refractivity contribution in [1.29, 1.82) is 0 Å². The number of hydrogen-bond acceptors (Lipinski definition) is 3. The molecule has 0 spiro atoms. The van der Waals surface area contributed by atoms with Crippen molar-refractivity contribution >= 4 is 10.0 Å². The van der Waals surface area contributed by atoms with Crippen molar-refractivity contribution in [2.45, 2.75) is 50.8 Å². The van der Waals surface area contributed by atoms with Gasteiger partial charge in [-0.05, 0) is 33.1 Å². The van der Waals surface area contributed by atoms with E-state index in [2.05, 4.69) is 0 Å². The lowest BCUT2D eigenvalue weighted by atomic mass is 10.0. The molecule has 0 radical (unpaired) electrons. The average molecular weight is 235 g/mol. The molecule has 1 atom stereocenters. The third kappa shape index (κ3) is 2.92. The molecule has 1 unspecified atom stereocenters. The average Bonchev–Trinajstić information content (AvgIpc) is 2.18. The standard InChI is InChI=1S/C10H21NO3S/c1-9(2)15(13,14)11-7-4-3-5-10(11)6-8-12/h9-10,12H,3-8H2,1-2H3. The number of nitrogens with zero attached hydrogens (tertiary/aromatic N) is 1. The van der Waals surface area contributed by atoms with Crippen LogP contribution in [0.2, 0.25) is 0 Å². The van der Waals surface area contributed by atoms with Crippen molar-refractivity contribution in [3.63, 3.8) is 0 Å². The summed E-state index contributed by atoms with van der Waals surface area (Å²) in [6.45, 7) is 4.10. The Labute approximate surface area is 92.3 Å². The maximum absolute atomic E-state index is 12.0. The number of aliphatic hydroxyl groups is 1. The van der Waals surface area contributed by atoms with E-state index >= 15 is 0 Å². The Balaban J connectivity index is 2.80. The Bertz CT molecular complexity index is 285. The van der Waals surface area contributed by atoms with Crippen LogP contribution >= 0.6 is 0 Å². The van der Waals surface area contributed by atoms with Crippen LogP contribution in [0.25, 0.3) is 0 Å². The molecular formula is C10H21NO3S. The highest BCUT2D eigenvalue weighted by molar-refractivity contribution is 7.89. The molecule has 0 aromatic carbocycles. The van der Waals surface area contributed by atoms with Gasteiger partial charge in [0.15, 0.2) is 0 Å². The van der Waals surface area contributed by atoms with Crippen LogP contribution in [0.1, 0.15) is 39.5 Å². The van der Waals surface area contributed by atoms with Crippen LogP contribution in [0.4, 0.5) is 0 Å². The zero-order valence-corrected chi connectivity index (χ0v) is 10.3. The summed E-state index contributed by atoms with van der Waals surface area (Å²) in [6.07, 6.45) is 3.45. The van der Waals surface area contributed by atoms with Gasteiger partial charge in [0.2, 0.25) is 10.0 Å². The second kappa shape index (κ2) is 5.27. The highest BCUT2D eigenvalue weighted by atomic mass is 32.2. The predicted octanol–water partition coefficient (Wildman–Crippen LogP) is 0.962. The second-order valence-electron chi connectivity index (χ2n) is 4.37. The van der Waals surface area contributed by atoms with Gasteiger partial charge in [-0.2, -0.15) is 4.31 Å². The van der Waals surface area contributed by atoms with E-state index in [-0.39, 0.29) is 17.9 Å². The Morgan fingerprint density at radius 2 is 2.07 bits per heavy atom. The van der Waals surface area contributed by atoms with Crippen molar-refractivity contribution in [3.05, 3.63) is 0 Å². The maximum Gasteiger partial charge on any atom is 0.216 e.